The van der Waals surface area contributed by atoms with Crippen molar-refractivity contribution in [2.24, 2.45) is 10.2 Å². The molecule has 15 heavy (non-hydrogen) atoms. The zero-order valence-corrected chi connectivity index (χ0v) is 7.30. The van der Waals surface area contributed by atoms with Crippen molar-refractivity contribution >= 4 is 23.3 Å². The fraction of sp³-hybridized carbons (Fsp3) is 0. The van der Waals surface area contributed by atoms with E-state index >= 15 is 0 Å². The van der Waals surface area contributed by atoms with Crippen molar-refractivity contribution in [3.63, 3.8) is 0 Å². The minimum Gasteiger partial charge on any atom is -0.478 e. The van der Waals surface area contributed by atoms with Gasteiger partial charge in [0.15, 0.2) is 0 Å². The van der Waals surface area contributed by atoms with Gasteiger partial charge in [0.2, 0.25) is 0 Å². The molecule has 6 heteroatoms. The van der Waals surface area contributed by atoms with E-state index in [1.54, 1.807) is 0 Å². The molecular weight excluding hydrogens is 200 g/mol. The van der Waals surface area contributed by atoms with Crippen LogP contribution < -0.4 is 0 Å². The second-order valence-corrected chi connectivity index (χ2v) is 2.84. The molecule has 1 aliphatic rings. The van der Waals surface area contributed by atoms with Crippen molar-refractivity contribution in [2.75, 3.05) is 0 Å². The number of fused-ring (bicyclic) bond motifs is 1. The van der Waals surface area contributed by atoms with Crippen LogP contribution in [0.4, 0.5) is 5.69 Å². The van der Waals surface area contributed by atoms with E-state index in [2.05, 4.69) is 10.2 Å². The predicted octanol–water partition coefficient (Wildman–Crippen LogP) is 1.19. The molecule has 1 aromatic rings. The van der Waals surface area contributed by atoms with Gasteiger partial charge in [-0.25, -0.2) is 4.79 Å². The van der Waals surface area contributed by atoms with Crippen LogP contribution in [0.15, 0.2) is 28.4 Å². The van der Waals surface area contributed by atoms with Crippen LogP contribution in [-0.2, 0) is 4.79 Å². The van der Waals surface area contributed by atoms with Gasteiger partial charge in [0.05, 0.1) is 16.8 Å². The van der Waals surface area contributed by atoms with Gasteiger partial charge in [0.1, 0.15) is 0 Å². The number of azo groups is 1. The monoisotopic (exact) mass is 204 g/mol. The summed E-state index contributed by atoms with van der Waals surface area (Å²) in [6.45, 7) is 0. The van der Waals surface area contributed by atoms with E-state index in [1.165, 1.54) is 18.2 Å². The highest BCUT2D eigenvalue weighted by molar-refractivity contribution is 6.46. The van der Waals surface area contributed by atoms with E-state index in [4.69, 9.17) is 5.11 Å². The molecule has 1 aliphatic heterocycles. The van der Waals surface area contributed by atoms with Crippen LogP contribution in [0.1, 0.15) is 20.7 Å². The number of benzene rings is 1. The third-order valence-electron chi connectivity index (χ3n) is 1.94. The summed E-state index contributed by atoms with van der Waals surface area (Å²) in [5, 5.41) is 15.4. The molecule has 0 saturated carbocycles. The number of hydrogen-bond acceptors (Lipinski definition) is 4. The number of rotatable bonds is 1. The molecule has 0 fully saturated rings. The van der Waals surface area contributed by atoms with Crippen molar-refractivity contribution < 1.29 is 19.5 Å². The largest absolute Gasteiger partial charge is 0.478 e. The first-order valence-electron chi connectivity index (χ1n) is 3.98. The molecule has 1 aromatic carbocycles. The molecule has 1 N–H and O–H groups in total. The van der Waals surface area contributed by atoms with Crippen molar-refractivity contribution in [1.29, 1.82) is 0 Å². The molecule has 0 unspecified atom stereocenters. The number of ketones is 1. The standard InChI is InChI=1S/C9H4N2O4/c12-7-6-4(9(14)15)2-1-3-5(6)10-11-8(7)13/h1-3H,(H,14,15). The summed E-state index contributed by atoms with van der Waals surface area (Å²) < 4.78 is 0. The summed E-state index contributed by atoms with van der Waals surface area (Å²) in [7, 11) is 0. The van der Waals surface area contributed by atoms with E-state index in [9.17, 15) is 14.4 Å². The van der Waals surface area contributed by atoms with Crippen molar-refractivity contribution in [2.45, 2.75) is 0 Å². The van der Waals surface area contributed by atoms with Gasteiger partial charge in [-0.15, -0.1) is 10.2 Å². The fourth-order valence-corrected chi connectivity index (χ4v) is 1.29. The third kappa shape index (κ3) is 1.32. The lowest BCUT2D eigenvalue weighted by Crippen LogP contribution is -2.18. The minimum absolute atomic E-state index is 0.111. The van der Waals surface area contributed by atoms with Gasteiger partial charge >= 0.3 is 11.9 Å². The summed E-state index contributed by atoms with van der Waals surface area (Å²) >= 11 is 0. The van der Waals surface area contributed by atoms with E-state index in [-0.39, 0.29) is 16.8 Å². The Labute approximate surface area is 83.2 Å². The molecule has 1 heterocycles. The summed E-state index contributed by atoms with van der Waals surface area (Å²) in [4.78, 5) is 33.1. The first-order chi connectivity index (χ1) is 7.11. The lowest BCUT2D eigenvalue weighted by Gasteiger charge is -2.08. The summed E-state index contributed by atoms with van der Waals surface area (Å²) in [5.74, 6) is -3.25. The first kappa shape index (κ1) is 9.20. The number of carboxylic acid groups (broad SMARTS) is 1. The molecular formula is C9H4N2O4. The Morgan fingerprint density at radius 1 is 1.20 bits per heavy atom. The molecule has 1 amide bonds. The molecule has 0 aliphatic carbocycles. The topological polar surface area (TPSA) is 96.2 Å². The molecule has 0 atom stereocenters. The minimum atomic E-state index is -1.27. The summed E-state index contributed by atoms with van der Waals surface area (Å²) in [6.07, 6.45) is 0. The number of carbonyl (C=O) groups excluding carboxylic acids is 2. The average Bonchev–Trinajstić information content (AvgIpc) is 2.23. The maximum Gasteiger partial charge on any atom is 0.336 e. The Kier molecular flexibility index (Phi) is 1.89. The number of carbonyl (C=O) groups is 3. The van der Waals surface area contributed by atoms with Gasteiger partial charge in [0.25, 0.3) is 5.78 Å². The molecule has 0 radical (unpaired) electrons. The van der Waals surface area contributed by atoms with Crippen LogP contribution in [0.5, 0.6) is 0 Å². The molecule has 0 saturated heterocycles. The maximum atomic E-state index is 11.4. The van der Waals surface area contributed by atoms with Gasteiger partial charge in [-0.3, -0.25) is 9.59 Å². The molecule has 0 bridgehead atoms. The van der Waals surface area contributed by atoms with Gasteiger partial charge in [-0.05, 0) is 12.1 Å². The zero-order valence-electron chi connectivity index (χ0n) is 7.30. The number of amides is 1. The highest BCUT2D eigenvalue weighted by Gasteiger charge is 2.28. The predicted molar refractivity (Wildman–Crippen MR) is 47.3 cm³/mol. The van der Waals surface area contributed by atoms with E-state index in [0.29, 0.717) is 0 Å². The second kappa shape index (κ2) is 3.09. The van der Waals surface area contributed by atoms with Crippen LogP contribution in [0.3, 0.4) is 0 Å². The lowest BCUT2D eigenvalue weighted by molar-refractivity contribution is -0.114. The highest BCUT2D eigenvalue weighted by Crippen LogP contribution is 2.27. The van der Waals surface area contributed by atoms with E-state index < -0.39 is 17.7 Å². The maximum absolute atomic E-state index is 11.4. The quantitative estimate of drug-likeness (QED) is 0.694. The first-order valence-corrected chi connectivity index (χ1v) is 3.98. The van der Waals surface area contributed by atoms with Crippen molar-refractivity contribution in [1.82, 2.24) is 0 Å². The normalized spacial score (nSPS) is 13.9. The third-order valence-corrected chi connectivity index (χ3v) is 1.94. The molecule has 2 rings (SSSR count). The van der Waals surface area contributed by atoms with E-state index in [0.717, 1.165) is 0 Å². The van der Waals surface area contributed by atoms with Crippen LogP contribution >= 0.6 is 0 Å². The lowest BCUT2D eigenvalue weighted by atomic mass is 10.0. The number of Topliss-reactive ketones (excluding diaryl/α,β-unsaturated/α-hetero) is 1. The van der Waals surface area contributed by atoms with Crippen molar-refractivity contribution in [3.8, 4) is 0 Å². The van der Waals surface area contributed by atoms with Gasteiger partial charge < -0.3 is 5.11 Å². The zero-order chi connectivity index (χ0) is 11.0. The average molecular weight is 204 g/mol. The Morgan fingerprint density at radius 2 is 1.93 bits per heavy atom. The molecule has 6 nitrogen and oxygen atoms in total. The van der Waals surface area contributed by atoms with Crippen LogP contribution in [0, 0.1) is 0 Å². The van der Waals surface area contributed by atoms with Crippen LogP contribution in [0.25, 0.3) is 0 Å². The van der Waals surface area contributed by atoms with Gasteiger partial charge in [-0.2, -0.15) is 0 Å². The number of carboxylic acids is 1. The SMILES string of the molecule is O=C1N=Nc2cccc(C(=O)O)c2C1=O. The smallest absolute Gasteiger partial charge is 0.336 e. The van der Waals surface area contributed by atoms with E-state index in [1.807, 2.05) is 0 Å². The van der Waals surface area contributed by atoms with Gasteiger partial charge in [-0.1, -0.05) is 6.07 Å². The number of nitrogens with zero attached hydrogens (tertiary/aromatic N) is 2. The Balaban J connectivity index is 2.75. The van der Waals surface area contributed by atoms with Crippen molar-refractivity contribution in [3.05, 3.63) is 29.3 Å². The molecule has 0 aromatic heterocycles. The van der Waals surface area contributed by atoms with Crippen LogP contribution in [0.2, 0.25) is 0 Å². The second-order valence-electron chi connectivity index (χ2n) is 2.84. The molecule has 74 valence electrons. The highest BCUT2D eigenvalue weighted by atomic mass is 16.4. The number of aromatic carboxylic acids is 1. The Hall–Kier alpha value is -2.37. The fourth-order valence-electron chi connectivity index (χ4n) is 1.29. The van der Waals surface area contributed by atoms with Gasteiger partial charge in [0, 0.05) is 0 Å². The Bertz CT molecular complexity index is 519. The summed E-state index contributed by atoms with van der Waals surface area (Å²) in [6, 6.07) is 4.10. The molecule has 0 spiro atoms. The number of hydrogen-bond donors (Lipinski definition) is 1. The summed E-state index contributed by atoms with van der Waals surface area (Å²) in [5.41, 5.74) is -0.311. The van der Waals surface area contributed by atoms with Crippen LogP contribution in [-0.4, -0.2) is 22.8 Å². The Morgan fingerprint density at radius 3 is 2.60 bits per heavy atom.